The van der Waals surface area contributed by atoms with E-state index in [4.69, 9.17) is 11.6 Å². The van der Waals surface area contributed by atoms with E-state index < -0.39 is 6.04 Å². The largest absolute Gasteiger partial charge is 0.342 e. The molecule has 0 bridgehead atoms. The Kier molecular flexibility index (Phi) is 8.71. The van der Waals surface area contributed by atoms with Crippen LogP contribution in [-0.4, -0.2) is 32.3 Å². The molecule has 172 valence electrons. The van der Waals surface area contributed by atoms with E-state index in [0.717, 1.165) is 15.7 Å². The highest BCUT2D eigenvalue weighted by Gasteiger charge is 2.21. The maximum atomic E-state index is 12.6. The molecule has 1 heterocycles. The number of amides is 2. The van der Waals surface area contributed by atoms with Crippen LogP contribution in [0.2, 0.25) is 5.02 Å². The third-order valence-electron chi connectivity index (χ3n) is 4.71. The number of hydrogen-bond donors (Lipinski definition) is 2. The second kappa shape index (κ2) is 11.5. The van der Waals surface area contributed by atoms with Crippen LogP contribution in [0, 0.1) is 6.92 Å². The molecule has 0 saturated heterocycles. The van der Waals surface area contributed by atoms with Crippen LogP contribution in [0.1, 0.15) is 34.7 Å². The molecule has 2 amide bonds. The number of benzene rings is 2. The molecule has 0 aliphatic carbocycles. The summed E-state index contributed by atoms with van der Waals surface area (Å²) in [5.74, 6) is 0.257. The van der Waals surface area contributed by atoms with Gasteiger partial charge < -0.3 is 15.2 Å². The number of allylic oxidation sites excluding steroid dienone is 1. The molecule has 0 aliphatic heterocycles. The molecule has 33 heavy (non-hydrogen) atoms. The van der Waals surface area contributed by atoms with Crippen molar-refractivity contribution in [2.45, 2.75) is 31.6 Å². The van der Waals surface area contributed by atoms with Crippen LogP contribution in [0.15, 0.2) is 64.7 Å². The van der Waals surface area contributed by atoms with Gasteiger partial charge in [-0.2, -0.15) is 0 Å². The van der Waals surface area contributed by atoms with Gasteiger partial charge >= 0.3 is 0 Å². The molecule has 2 N–H and O–H groups in total. The zero-order valence-electron chi connectivity index (χ0n) is 18.1. The quantitative estimate of drug-likeness (QED) is 0.276. The third kappa shape index (κ3) is 6.46. The number of halogens is 2. The molecule has 2 aromatic carbocycles. The molecular formula is C23H23BrClN5O2S. The molecule has 0 aliphatic rings. The van der Waals surface area contributed by atoms with Gasteiger partial charge in [-0.25, -0.2) is 0 Å². The van der Waals surface area contributed by atoms with Gasteiger partial charge in [0.05, 0.1) is 22.4 Å². The third-order valence-corrected chi connectivity index (χ3v) is 6.50. The van der Waals surface area contributed by atoms with E-state index in [1.54, 1.807) is 30.3 Å². The number of nitrogens with zero attached hydrogens (tertiary/aromatic N) is 3. The summed E-state index contributed by atoms with van der Waals surface area (Å²) >= 11 is 10.8. The van der Waals surface area contributed by atoms with Crippen molar-refractivity contribution in [3.8, 4) is 0 Å². The Hall–Kier alpha value is -2.62. The number of carbonyl (C=O) groups is 2. The van der Waals surface area contributed by atoms with E-state index in [1.165, 1.54) is 11.8 Å². The number of hydrogen-bond acceptors (Lipinski definition) is 5. The minimum absolute atomic E-state index is 0.153. The molecule has 0 saturated carbocycles. The molecule has 7 nitrogen and oxygen atoms in total. The molecular weight excluding hydrogens is 526 g/mol. The standard InChI is InChI=1S/C23H23BrClN5O2S/c1-4-11-30-21(15(3)26-22(32)17-7-5-6-8-18(17)25)28-29-23(30)33-13-20(31)27-19-10-9-16(24)12-14(19)2/h4-10,12,15H,1,11,13H2,2-3H3,(H,26,32)(H,27,31)/t15-/m1/s1. The van der Waals surface area contributed by atoms with Crippen LogP contribution in [0.5, 0.6) is 0 Å². The van der Waals surface area contributed by atoms with E-state index in [2.05, 4.69) is 43.3 Å². The molecule has 1 atom stereocenters. The van der Waals surface area contributed by atoms with Gasteiger partial charge in [-0.3, -0.25) is 9.59 Å². The van der Waals surface area contributed by atoms with Crippen molar-refractivity contribution in [1.82, 2.24) is 20.1 Å². The highest BCUT2D eigenvalue weighted by molar-refractivity contribution is 9.10. The summed E-state index contributed by atoms with van der Waals surface area (Å²) in [6.07, 6.45) is 1.71. The average molecular weight is 549 g/mol. The summed E-state index contributed by atoms with van der Waals surface area (Å²) in [4.78, 5) is 25.1. The Labute approximate surface area is 210 Å². The molecule has 1 aromatic heterocycles. The lowest BCUT2D eigenvalue weighted by molar-refractivity contribution is -0.113. The fourth-order valence-corrected chi connectivity index (χ4v) is 4.55. The Morgan fingerprint density at radius 1 is 1.27 bits per heavy atom. The summed E-state index contributed by atoms with van der Waals surface area (Å²) < 4.78 is 2.78. The normalized spacial score (nSPS) is 11.6. The number of rotatable bonds is 9. The number of anilines is 1. The van der Waals surface area contributed by atoms with Gasteiger partial charge in [-0.1, -0.05) is 57.5 Å². The van der Waals surface area contributed by atoms with Gasteiger partial charge in [0.25, 0.3) is 5.91 Å². The first-order chi connectivity index (χ1) is 15.8. The number of thioether (sulfide) groups is 1. The van der Waals surface area contributed by atoms with Crippen LogP contribution in [-0.2, 0) is 11.3 Å². The Morgan fingerprint density at radius 3 is 2.73 bits per heavy atom. The van der Waals surface area contributed by atoms with Crippen molar-refractivity contribution >= 4 is 56.8 Å². The molecule has 0 spiro atoms. The summed E-state index contributed by atoms with van der Waals surface area (Å²) in [7, 11) is 0. The molecule has 0 radical (unpaired) electrons. The van der Waals surface area contributed by atoms with E-state index in [0.29, 0.717) is 28.1 Å². The van der Waals surface area contributed by atoms with E-state index in [1.807, 2.05) is 36.6 Å². The Bertz CT molecular complexity index is 1180. The molecule has 0 fully saturated rings. The summed E-state index contributed by atoms with van der Waals surface area (Å²) in [6.45, 7) is 7.97. The van der Waals surface area contributed by atoms with Crippen molar-refractivity contribution < 1.29 is 9.59 Å². The molecule has 0 unspecified atom stereocenters. The lowest BCUT2D eigenvalue weighted by atomic mass is 10.2. The van der Waals surface area contributed by atoms with Gasteiger partial charge in [-0.05, 0) is 49.7 Å². The first-order valence-electron chi connectivity index (χ1n) is 10.1. The zero-order valence-corrected chi connectivity index (χ0v) is 21.3. The lowest BCUT2D eigenvalue weighted by Crippen LogP contribution is -2.29. The SMILES string of the molecule is C=CCn1c(SCC(=O)Nc2ccc(Br)cc2C)nnc1[C@@H](C)NC(=O)c1ccccc1Cl. The summed E-state index contributed by atoms with van der Waals surface area (Å²) in [6, 6.07) is 12.1. The summed E-state index contributed by atoms with van der Waals surface area (Å²) in [5.41, 5.74) is 2.10. The minimum atomic E-state index is -0.435. The highest BCUT2D eigenvalue weighted by atomic mass is 79.9. The highest BCUT2D eigenvalue weighted by Crippen LogP contribution is 2.24. The maximum absolute atomic E-state index is 12.6. The number of aryl methyl sites for hydroxylation is 1. The van der Waals surface area contributed by atoms with Gasteiger partial charge in [0, 0.05) is 16.7 Å². The fourth-order valence-electron chi connectivity index (χ4n) is 3.10. The number of nitrogens with one attached hydrogen (secondary N) is 2. The predicted octanol–water partition coefficient (Wildman–Crippen LogP) is 5.41. The minimum Gasteiger partial charge on any atom is -0.342 e. The second-order valence-corrected chi connectivity index (χ2v) is 9.48. The molecule has 3 rings (SSSR count). The monoisotopic (exact) mass is 547 g/mol. The molecule has 10 heteroatoms. The summed E-state index contributed by atoms with van der Waals surface area (Å²) in [5, 5.41) is 15.2. The van der Waals surface area contributed by atoms with Gasteiger partial charge in [0.2, 0.25) is 5.91 Å². The Balaban J connectivity index is 1.68. The first-order valence-corrected chi connectivity index (χ1v) is 12.2. The van der Waals surface area contributed by atoms with Gasteiger partial charge in [-0.15, -0.1) is 16.8 Å². The predicted molar refractivity (Wildman–Crippen MR) is 136 cm³/mol. The van der Waals surface area contributed by atoms with Crippen molar-refractivity contribution in [2.75, 3.05) is 11.1 Å². The fraction of sp³-hybridized carbons (Fsp3) is 0.217. The van der Waals surface area contributed by atoms with Crippen molar-refractivity contribution in [1.29, 1.82) is 0 Å². The van der Waals surface area contributed by atoms with Crippen molar-refractivity contribution in [2.24, 2.45) is 0 Å². The zero-order chi connectivity index (χ0) is 24.0. The molecule has 3 aromatic rings. The number of aromatic nitrogens is 3. The van der Waals surface area contributed by atoms with Crippen LogP contribution in [0.3, 0.4) is 0 Å². The van der Waals surface area contributed by atoms with Gasteiger partial charge in [0.1, 0.15) is 0 Å². The smallest absolute Gasteiger partial charge is 0.253 e. The lowest BCUT2D eigenvalue weighted by Gasteiger charge is -2.15. The van der Waals surface area contributed by atoms with Crippen LogP contribution >= 0.6 is 39.3 Å². The topological polar surface area (TPSA) is 88.9 Å². The van der Waals surface area contributed by atoms with E-state index in [9.17, 15) is 9.59 Å². The maximum Gasteiger partial charge on any atom is 0.253 e. The van der Waals surface area contributed by atoms with E-state index in [-0.39, 0.29) is 17.6 Å². The number of carbonyl (C=O) groups excluding carboxylic acids is 2. The van der Waals surface area contributed by atoms with Gasteiger partial charge in [0.15, 0.2) is 11.0 Å². The second-order valence-electron chi connectivity index (χ2n) is 7.21. The van der Waals surface area contributed by atoms with Crippen LogP contribution in [0.25, 0.3) is 0 Å². The van der Waals surface area contributed by atoms with Crippen LogP contribution in [0.4, 0.5) is 5.69 Å². The van der Waals surface area contributed by atoms with E-state index >= 15 is 0 Å². The first kappa shape index (κ1) is 25.0. The Morgan fingerprint density at radius 2 is 2.03 bits per heavy atom. The van der Waals surface area contributed by atoms with Crippen LogP contribution < -0.4 is 10.6 Å². The van der Waals surface area contributed by atoms with Crippen molar-refractivity contribution in [3.63, 3.8) is 0 Å². The average Bonchev–Trinajstić information content (AvgIpc) is 3.17. The van der Waals surface area contributed by atoms with Crippen molar-refractivity contribution in [3.05, 3.63) is 81.6 Å².